The molecule has 0 aromatic heterocycles. The van der Waals surface area contributed by atoms with Crippen LogP contribution in [0.15, 0.2) is 0 Å². The lowest BCUT2D eigenvalue weighted by Gasteiger charge is -2.31. The molecule has 0 aliphatic carbocycles. The van der Waals surface area contributed by atoms with Crippen LogP contribution >= 0.6 is 0 Å². The minimum absolute atomic E-state index is 0.416. The Labute approximate surface area is 64.4 Å². The second-order valence-electron chi connectivity index (χ2n) is 2.62. The number of nitrogens with one attached hydrogen (secondary N) is 1. The average Bonchev–Trinajstić information content (AvgIpc) is 1.88. The van der Waals surface area contributed by atoms with Crippen molar-refractivity contribution in [3.05, 3.63) is 0 Å². The van der Waals surface area contributed by atoms with E-state index in [1.165, 1.54) is 0 Å². The van der Waals surface area contributed by atoms with Crippen LogP contribution in [0.5, 0.6) is 0 Å². The first-order chi connectivity index (χ1) is 4.72. The minimum atomic E-state index is -0.789. The first-order valence-electron chi connectivity index (χ1n) is 3.52. The summed E-state index contributed by atoms with van der Waals surface area (Å²) in [5.74, 6) is 0. The van der Waals surface area contributed by atoms with Gasteiger partial charge in [-0.1, -0.05) is 0 Å². The van der Waals surface area contributed by atoms with Crippen LogP contribution in [-0.4, -0.2) is 40.4 Å². The van der Waals surface area contributed by atoms with Crippen LogP contribution in [0.2, 0.25) is 0 Å². The maximum atomic E-state index is 11.0. The molecule has 1 fully saturated rings. The first-order valence-corrected chi connectivity index (χ1v) is 5.04. The Morgan fingerprint density at radius 1 is 1.70 bits per heavy atom. The highest BCUT2D eigenvalue weighted by atomic mass is 32.2. The van der Waals surface area contributed by atoms with Gasteiger partial charge in [0, 0.05) is 31.9 Å². The van der Waals surface area contributed by atoms with E-state index in [0.29, 0.717) is 6.04 Å². The average molecular weight is 162 g/mol. The zero-order valence-corrected chi connectivity index (χ0v) is 7.28. The summed E-state index contributed by atoms with van der Waals surface area (Å²) < 4.78 is 13.0. The zero-order valence-electron chi connectivity index (χ0n) is 6.46. The van der Waals surface area contributed by atoms with E-state index in [0.717, 1.165) is 19.6 Å². The van der Waals surface area contributed by atoms with Gasteiger partial charge >= 0.3 is 0 Å². The van der Waals surface area contributed by atoms with Gasteiger partial charge in [-0.3, -0.25) is 0 Å². The molecule has 1 aliphatic rings. The van der Waals surface area contributed by atoms with E-state index in [1.807, 2.05) is 4.31 Å². The summed E-state index contributed by atoms with van der Waals surface area (Å²) >= 11 is 0. The Hall–Kier alpha value is 0.0700. The molecule has 4 heteroatoms. The number of hydrogen-bond donors (Lipinski definition) is 1. The fourth-order valence-corrected chi connectivity index (χ4v) is 2.13. The SMILES string of the molecule is C[C@@H]1CNCCN1S(C)=O. The van der Waals surface area contributed by atoms with Crippen molar-refractivity contribution in [1.82, 2.24) is 9.62 Å². The third-order valence-corrected chi connectivity index (χ3v) is 2.97. The molecular formula is C6H14N2OS. The summed E-state index contributed by atoms with van der Waals surface area (Å²) in [5.41, 5.74) is 0. The van der Waals surface area contributed by atoms with Gasteiger partial charge in [0.05, 0.1) is 11.0 Å². The summed E-state index contributed by atoms with van der Waals surface area (Å²) in [6, 6.07) is 0.416. The van der Waals surface area contributed by atoms with E-state index in [-0.39, 0.29) is 0 Å². The Kier molecular flexibility index (Phi) is 2.82. The molecule has 10 heavy (non-hydrogen) atoms. The molecule has 1 rings (SSSR count). The number of piperazine rings is 1. The van der Waals surface area contributed by atoms with Gasteiger partial charge < -0.3 is 5.32 Å². The van der Waals surface area contributed by atoms with E-state index in [1.54, 1.807) is 6.26 Å². The summed E-state index contributed by atoms with van der Waals surface area (Å²) in [6.45, 7) is 4.92. The maximum Gasteiger partial charge on any atom is 0.0914 e. The van der Waals surface area contributed by atoms with Gasteiger partial charge in [0.1, 0.15) is 0 Å². The zero-order chi connectivity index (χ0) is 7.56. The van der Waals surface area contributed by atoms with Crippen molar-refractivity contribution in [3.63, 3.8) is 0 Å². The Bertz CT molecular complexity index is 140. The quantitative estimate of drug-likeness (QED) is 0.567. The van der Waals surface area contributed by atoms with Crippen molar-refractivity contribution in [2.45, 2.75) is 13.0 Å². The molecular weight excluding hydrogens is 148 g/mol. The van der Waals surface area contributed by atoms with Crippen LogP contribution in [0.25, 0.3) is 0 Å². The standard InChI is InChI=1S/C6H14N2OS/c1-6-5-7-3-4-8(6)10(2)9/h6-7H,3-5H2,1-2H3/t6-,10?/m1/s1. The fourth-order valence-electron chi connectivity index (χ4n) is 1.20. The van der Waals surface area contributed by atoms with Crippen LogP contribution < -0.4 is 5.32 Å². The Morgan fingerprint density at radius 3 is 2.80 bits per heavy atom. The van der Waals surface area contributed by atoms with E-state index in [9.17, 15) is 4.21 Å². The minimum Gasteiger partial charge on any atom is -0.314 e. The topological polar surface area (TPSA) is 32.3 Å². The third-order valence-electron chi connectivity index (χ3n) is 1.77. The van der Waals surface area contributed by atoms with Gasteiger partial charge in [-0.05, 0) is 6.92 Å². The molecule has 1 unspecified atom stereocenters. The Balaban J connectivity index is 2.47. The second kappa shape index (κ2) is 3.46. The lowest BCUT2D eigenvalue weighted by molar-refractivity contribution is 0.299. The monoisotopic (exact) mass is 162 g/mol. The highest BCUT2D eigenvalue weighted by Crippen LogP contribution is 2.03. The lowest BCUT2D eigenvalue weighted by atomic mass is 10.3. The van der Waals surface area contributed by atoms with Gasteiger partial charge in [0.15, 0.2) is 0 Å². The molecule has 1 N–H and O–H groups in total. The van der Waals surface area contributed by atoms with Crippen molar-refractivity contribution >= 4 is 11.0 Å². The predicted molar refractivity (Wildman–Crippen MR) is 43.1 cm³/mol. The van der Waals surface area contributed by atoms with Crippen molar-refractivity contribution < 1.29 is 4.21 Å². The molecule has 60 valence electrons. The smallest absolute Gasteiger partial charge is 0.0914 e. The second-order valence-corrected chi connectivity index (χ2v) is 3.93. The van der Waals surface area contributed by atoms with E-state index in [2.05, 4.69) is 12.2 Å². The fraction of sp³-hybridized carbons (Fsp3) is 1.00. The molecule has 1 aliphatic heterocycles. The van der Waals surface area contributed by atoms with E-state index < -0.39 is 11.0 Å². The number of hydrogen-bond acceptors (Lipinski definition) is 2. The number of nitrogens with zero attached hydrogens (tertiary/aromatic N) is 1. The van der Waals surface area contributed by atoms with Crippen LogP contribution in [0.4, 0.5) is 0 Å². The van der Waals surface area contributed by atoms with Crippen molar-refractivity contribution in [1.29, 1.82) is 0 Å². The van der Waals surface area contributed by atoms with Gasteiger partial charge in [0.25, 0.3) is 0 Å². The highest BCUT2D eigenvalue weighted by Gasteiger charge is 2.19. The molecule has 1 heterocycles. The molecule has 0 aromatic carbocycles. The van der Waals surface area contributed by atoms with Crippen molar-refractivity contribution in [2.75, 3.05) is 25.9 Å². The highest BCUT2D eigenvalue weighted by molar-refractivity contribution is 7.81. The number of rotatable bonds is 1. The first kappa shape index (κ1) is 8.17. The van der Waals surface area contributed by atoms with Crippen molar-refractivity contribution in [2.24, 2.45) is 0 Å². The summed E-state index contributed by atoms with van der Waals surface area (Å²) in [4.78, 5) is 0. The predicted octanol–water partition coefficient (Wildman–Crippen LogP) is -0.426. The van der Waals surface area contributed by atoms with E-state index in [4.69, 9.17) is 0 Å². The molecule has 3 nitrogen and oxygen atoms in total. The summed E-state index contributed by atoms with van der Waals surface area (Å²) in [5, 5.41) is 3.24. The molecule has 0 saturated carbocycles. The van der Waals surface area contributed by atoms with Gasteiger partial charge in [0.2, 0.25) is 0 Å². The van der Waals surface area contributed by atoms with Crippen LogP contribution in [0.1, 0.15) is 6.92 Å². The van der Waals surface area contributed by atoms with Crippen LogP contribution in [-0.2, 0) is 11.0 Å². The summed E-state index contributed by atoms with van der Waals surface area (Å²) in [7, 11) is -0.789. The normalized spacial score (nSPS) is 32.0. The van der Waals surface area contributed by atoms with Crippen molar-refractivity contribution in [3.8, 4) is 0 Å². The molecule has 1 saturated heterocycles. The third kappa shape index (κ3) is 1.78. The maximum absolute atomic E-state index is 11.0. The van der Waals surface area contributed by atoms with Crippen LogP contribution in [0.3, 0.4) is 0 Å². The molecule has 0 amide bonds. The molecule has 0 spiro atoms. The lowest BCUT2D eigenvalue weighted by Crippen LogP contribution is -2.49. The van der Waals surface area contributed by atoms with Crippen LogP contribution in [0, 0.1) is 0 Å². The largest absolute Gasteiger partial charge is 0.314 e. The molecule has 0 bridgehead atoms. The molecule has 0 aromatic rings. The van der Waals surface area contributed by atoms with Gasteiger partial charge in [-0.25, -0.2) is 8.51 Å². The van der Waals surface area contributed by atoms with E-state index >= 15 is 0 Å². The molecule has 2 atom stereocenters. The van der Waals surface area contributed by atoms with Gasteiger partial charge in [-0.2, -0.15) is 0 Å². The molecule has 0 radical (unpaired) electrons. The van der Waals surface area contributed by atoms with Gasteiger partial charge in [-0.15, -0.1) is 0 Å². The Morgan fingerprint density at radius 2 is 2.40 bits per heavy atom. The summed E-state index contributed by atoms with van der Waals surface area (Å²) in [6.07, 6.45) is 1.74.